The number of rotatable bonds is 5. The van der Waals surface area contributed by atoms with Crippen molar-refractivity contribution in [3.05, 3.63) is 23.2 Å². The normalized spacial score (nSPS) is 19.5. The highest BCUT2D eigenvalue weighted by atomic mass is 35.5. The molecule has 1 saturated heterocycles. The number of anilines is 1. The minimum atomic E-state index is -3.57. The van der Waals surface area contributed by atoms with E-state index in [0.29, 0.717) is 16.8 Å². The zero-order chi connectivity index (χ0) is 17.9. The van der Waals surface area contributed by atoms with Crippen molar-refractivity contribution >= 4 is 33.2 Å². The molecular formula is C16H24ClN3O3S. The van der Waals surface area contributed by atoms with E-state index < -0.39 is 10.0 Å². The third-order valence-electron chi connectivity index (χ3n) is 4.28. The first-order chi connectivity index (χ1) is 11.2. The van der Waals surface area contributed by atoms with Crippen LogP contribution in [0.15, 0.2) is 23.1 Å². The van der Waals surface area contributed by atoms with Gasteiger partial charge in [0.05, 0.1) is 22.2 Å². The van der Waals surface area contributed by atoms with Gasteiger partial charge >= 0.3 is 0 Å². The van der Waals surface area contributed by atoms with Gasteiger partial charge in [0.15, 0.2) is 0 Å². The number of nitrogens with zero attached hydrogens (tertiary/aromatic N) is 2. The number of hydrogen-bond acceptors (Lipinski definition) is 4. The number of likely N-dealkylation sites (tertiary alicyclic amines) is 1. The number of carbonyl (C=O) groups is 1. The summed E-state index contributed by atoms with van der Waals surface area (Å²) in [6.07, 6.45) is 3.37. The summed E-state index contributed by atoms with van der Waals surface area (Å²) in [6.45, 7) is 3.29. The molecule has 0 unspecified atom stereocenters. The second-order valence-electron chi connectivity index (χ2n) is 6.29. The van der Waals surface area contributed by atoms with Crippen LogP contribution < -0.4 is 5.32 Å². The van der Waals surface area contributed by atoms with Crippen LogP contribution in [0.3, 0.4) is 0 Å². The van der Waals surface area contributed by atoms with Crippen molar-refractivity contribution in [1.82, 2.24) is 9.21 Å². The molecule has 0 aromatic heterocycles. The SMILES string of the molecule is C[C@H]1CCCCN1CC(=O)Nc1cc(S(=O)(=O)N(C)C)ccc1Cl. The van der Waals surface area contributed by atoms with E-state index in [2.05, 4.69) is 17.1 Å². The van der Waals surface area contributed by atoms with Crippen LogP contribution >= 0.6 is 11.6 Å². The third-order valence-corrected chi connectivity index (χ3v) is 6.42. The van der Waals surface area contributed by atoms with Crippen molar-refractivity contribution in [1.29, 1.82) is 0 Å². The van der Waals surface area contributed by atoms with Crippen molar-refractivity contribution in [2.45, 2.75) is 37.1 Å². The van der Waals surface area contributed by atoms with Gasteiger partial charge in [0.25, 0.3) is 0 Å². The lowest BCUT2D eigenvalue weighted by atomic mass is 10.0. The van der Waals surface area contributed by atoms with Gasteiger partial charge in [-0.1, -0.05) is 18.0 Å². The molecule has 134 valence electrons. The molecule has 0 aliphatic carbocycles. The van der Waals surface area contributed by atoms with Gasteiger partial charge in [-0.2, -0.15) is 0 Å². The van der Waals surface area contributed by atoms with Gasteiger partial charge in [0.1, 0.15) is 0 Å². The van der Waals surface area contributed by atoms with Crippen LogP contribution in [0, 0.1) is 0 Å². The number of sulfonamides is 1. The molecule has 1 aliphatic rings. The number of amides is 1. The summed E-state index contributed by atoms with van der Waals surface area (Å²) < 4.78 is 25.5. The maximum atomic E-state index is 12.3. The molecule has 1 heterocycles. The van der Waals surface area contributed by atoms with Crippen molar-refractivity contribution in [3.63, 3.8) is 0 Å². The maximum Gasteiger partial charge on any atom is 0.242 e. The summed E-state index contributed by atoms with van der Waals surface area (Å²) in [5, 5.41) is 3.05. The Morgan fingerprint density at radius 2 is 2.08 bits per heavy atom. The van der Waals surface area contributed by atoms with Crippen LogP contribution in [0.25, 0.3) is 0 Å². The monoisotopic (exact) mass is 373 g/mol. The van der Waals surface area contributed by atoms with Crippen molar-refractivity contribution in [3.8, 4) is 0 Å². The smallest absolute Gasteiger partial charge is 0.242 e. The molecule has 1 atom stereocenters. The molecule has 0 bridgehead atoms. The number of halogens is 1. The highest BCUT2D eigenvalue weighted by molar-refractivity contribution is 7.89. The first-order valence-electron chi connectivity index (χ1n) is 7.98. The van der Waals surface area contributed by atoms with Gasteiger partial charge in [0.2, 0.25) is 15.9 Å². The topological polar surface area (TPSA) is 69.7 Å². The third kappa shape index (κ3) is 4.47. The molecule has 1 N–H and O–H groups in total. The first-order valence-corrected chi connectivity index (χ1v) is 9.79. The van der Waals surface area contributed by atoms with Crippen molar-refractivity contribution in [2.24, 2.45) is 0 Å². The summed E-state index contributed by atoms with van der Waals surface area (Å²) >= 11 is 6.10. The first kappa shape index (κ1) is 19.2. The van der Waals surface area contributed by atoms with Crippen LogP contribution in [0.1, 0.15) is 26.2 Å². The van der Waals surface area contributed by atoms with E-state index in [1.807, 2.05) is 0 Å². The number of hydrogen-bond donors (Lipinski definition) is 1. The molecule has 6 nitrogen and oxygen atoms in total. The van der Waals surface area contributed by atoms with Gasteiger partial charge in [-0.15, -0.1) is 0 Å². The van der Waals surface area contributed by atoms with Gasteiger partial charge in [-0.3, -0.25) is 9.69 Å². The lowest BCUT2D eigenvalue weighted by Gasteiger charge is -2.32. The molecule has 1 fully saturated rings. The van der Waals surface area contributed by atoms with E-state index in [9.17, 15) is 13.2 Å². The summed E-state index contributed by atoms with van der Waals surface area (Å²) in [7, 11) is -0.658. The molecule has 8 heteroatoms. The van der Waals surface area contributed by atoms with E-state index in [4.69, 9.17) is 11.6 Å². The fourth-order valence-corrected chi connectivity index (χ4v) is 3.83. The van der Waals surface area contributed by atoms with Crippen molar-refractivity contribution < 1.29 is 13.2 Å². The molecule has 0 saturated carbocycles. The van der Waals surface area contributed by atoms with E-state index in [0.717, 1.165) is 23.7 Å². The average Bonchev–Trinajstić information content (AvgIpc) is 2.51. The Labute approximate surface area is 148 Å². The number of carbonyl (C=O) groups excluding carboxylic acids is 1. The van der Waals surface area contributed by atoms with Crippen LogP contribution in [0.4, 0.5) is 5.69 Å². The van der Waals surface area contributed by atoms with E-state index in [1.165, 1.54) is 38.7 Å². The van der Waals surface area contributed by atoms with E-state index >= 15 is 0 Å². The van der Waals surface area contributed by atoms with Gasteiger partial charge < -0.3 is 5.32 Å². The zero-order valence-corrected chi connectivity index (χ0v) is 15.8. The summed E-state index contributed by atoms with van der Waals surface area (Å²) in [5.74, 6) is -0.190. The molecule has 1 aliphatic heterocycles. The number of piperidine rings is 1. The minimum absolute atomic E-state index is 0.0959. The molecule has 1 aromatic carbocycles. The second kappa shape index (κ2) is 7.82. The zero-order valence-electron chi connectivity index (χ0n) is 14.3. The fraction of sp³-hybridized carbons (Fsp3) is 0.562. The Hall–Kier alpha value is -1.15. The van der Waals surface area contributed by atoms with Gasteiger partial charge in [-0.05, 0) is 44.5 Å². The highest BCUT2D eigenvalue weighted by Gasteiger charge is 2.22. The Balaban J connectivity index is 2.13. The average molecular weight is 374 g/mol. The Kier molecular flexibility index (Phi) is 6.25. The van der Waals surface area contributed by atoms with Crippen LogP contribution in [0.2, 0.25) is 5.02 Å². The Morgan fingerprint density at radius 1 is 1.38 bits per heavy atom. The molecule has 24 heavy (non-hydrogen) atoms. The number of benzene rings is 1. The molecule has 0 spiro atoms. The Bertz CT molecular complexity index is 707. The summed E-state index contributed by atoms with van der Waals surface area (Å²) in [5.41, 5.74) is 0.314. The maximum absolute atomic E-state index is 12.3. The Morgan fingerprint density at radius 3 is 2.71 bits per heavy atom. The molecular weight excluding hydrogens is 350 g/mol. The van der Waals surface area contributed by atoms with Gasteiger partial charge in [0, 0.05) is 20.1 Å². The summed E-state index contributed by atoms with van der Waals surface area (Å²) in [4.78, 5) is 14.5. The fourth-order valence-electron chi connectivity index (χ4n) is 2.74. The second-order valence-corrected chi connectivity index (χ2v) is 8.85. The molecule has 1 aromatic rings. The predicted octanol–water partition coefficient (Wildman–Crippen LogP) is 2.40. The van der Waals surface area contributed by atoms with Crippen molar-refractivity contribution in [2.75, 3.05) is 32.5 Å². The van der Waals surface area contributed by atoms with Crippen LogP contribution in [0.5, 0.6) is 0 Å². The molecule has 2 rings (SSSR count). The molecule has 1 amide bonds. The summed E-state index contributed by atoms with van der Waals surface area (Å²) in [6, 6.07) is 4.69. The molecule has 0 radical (unpaired) electrons. The predicted molar refractivity (Wildman–Crippen MR) is 95.8 cm³/mol. The lowest BCUT2D eigenvalue weighted by Crippen LogP contribution is -2.42. The van der Waals surface area contributed by atoms with Crippen LogP contribution in [-0.2, 0) is 14.8 Å². The largest absolute Gasteiger partial charge is 0.324 e. The number of nitrogens with one attached hydrogen (secondary N) is 1. The van der Waals surface area contributed by atoms with E-state index in [1.54, 1.807) is 0 Å². The highest BCUT2D eigenvalue weighted by Crippen LogP contribution is 2.26. The lowest BCUT2D eigenvalue weighted by molar-refractivity contribution is -0.118. The van der Waals surface area contributed by atoms with Crippen LogP contribution in [-0.4, -0.2) is 56.8 Å². The standard InChI is InChI=1S/C16H24ClN3O3S/c1-12-6-4-5-9-20(12)11-16(21)18-15-10-13(7-8-14(15)17)24(22,23)19(2)3/h7-8,10,12H,4-6,9,11H2,1-3H3,(H,18,21)/t12-/m0/s1. The van der Waals surface area contributed by atoms with Gasteiger partial charge in [-0.25, -0.2) is 12.7 Å². The minimum Gasteiger partial charge on any atom is -0.324 e. The van der Waals surface area contributed by atoms with E-state index in [-0.39, 0.29) is 17.3 Å². The quantitative estimate of drug-likeness (QED) is 0.860.